The van der Waals surface area contributed by atoms with E-state index in [2.05, 4.69) is 73.4 Å². The second kappa shape index (κ2) is 42.8. The van der Waals surface area contributed by atoms with E-state index in [9.17, 15) is 48.6 Å². The number of piperazine rings is 2. The number of aliphatic hydroxyl groups is 2. The van der Waals surface area contributed by atoms with Gasteiger partial charge in [0.15, 0.2) is 11.4 Å². The van der Waals surface area contributed by atoms with Crippen LogP contribution in [0, 0.1) is 35.5 Å². The van der Waals surface area contributed by atoms with Gasteiger partial charge in [0.2, 0.25) is 23.6 Å². The van der Waals surface area contributed by atoms with E-state index in [0.717, 1.165) is 38.9 Å². The molecule has 133 heavy (non-hydrogen) atoms. The van der Waals surface area contributed by atoms with Crippen molar-refractivity contribution < 1.29 is 77.0 Å². The number of carbonyl (C=O) groups excluding carboxylic acids is 8. The number of anilines is 4. The van der Waals surface area contributed by atoms with Crippen LogP contribution in [0.25, 0.3) is 33.3 Å². The summed E-state index contributed by atoms with van der Waals surface area (Å²) in [6, 6.07) is 9.04. The maximum Gasteiger partial charge on any atom is 0.407 e. The van der Waals surface area contributed by atoms with Crippen LogP contribution in [0.1, 0.15) is 168 Å². The summed E-state index contributed by atoms with van der Waals surface area (Å²) < 4.78 is 38.1. The van der Waals surface area contributed by atoms with E-state index in [-0.39, 0.29) is 67.6 Å². The number of nitrogens with one attached hydrogen (secondary N) is 2. The van der Waals surface area contributed by atoms with Crippen molar-refractivity contribution in [2.24, 2.45) is 35.5 Å². The topological polar surface area (TPSA) is 440 Å². The average Bonchev–Trinajstić information content (AvgIpc) is 1.59. The molecule has 15 rings (SSSR count). The van der Waals surface area contributed by atoms with Crippen molar-refractivity contribution in [3.8, 4) is 11.3 Å². The van der Waals surface area contributed by atoms with Gasteiger partial charge in [-0.2, -0.15) is 5.10 Å². The predicted octanol–water partition coefficient (Wildman–Crippen LogP) is 9.29. The van der Waals surface area contributed by atoms with Crippen LogP contribution < -0.4 is 25.8 Å². The number of rotatable bonds is 17. The summed E-state index contributed by atoms with van der Waals surface area (Å²) in [4.78, 5) is 169. The molecule has 706 valence electrons. The molecule has 15 atom stereocenters. The van der Waals surface area contributed by atoms with Gasteiger partial charge >= 0.3 is 12.1 Å². The van der Waals surface area contributed by atoms with Crippen molar-refractivity contribution >= 4 is 92.9 Å². The van der Waals surface area contributed by atoms with Crippen LogP contribution in [0.4, 0.5) is 28.5 Å². The first-order valence-electron chi connectivity index (χ1n) is 46.4. The molecule has 1 saturated carbocycles. The van der Waals surface area contributed by atoms with E-state index in [4.69, 9.17) is 39.3 Å². The minimum atomic E-state index is -2.49. The number of ketones is 3. The fourth-order valence-electron chi connectivity index (χ4n) is 19.4. The highest BCUT2D eigenvalue weighted by Gasteiger charge is 2.54. The summed E-state index contributed by atoms with van der Waals surface area (Å²) >= 11 is 0. The lowest BCUT2D eigenvalue weighted by Crippen LogP contribution is -2.61. The zero-order chi connectivity index (χ0) is 93.9. The first-order chi connectivity index (χ1) is 64.1. The summed E-state index contributed by atoms with van der Waals surface area (Å²) in [5.41, 5.74) is 15.1. The number of allylic oxidation sites excluding steroid dienone is 6. The molecule has 4 saturated heterocycles. The number of aromatic nitrogens is 12. The number of esters is 1. The lowest BCUT2D eigenvalue weighted by Gasteiger charge is -2.42. The molecular weight excluding hydrogens is 1700 g/mol. The van der Waals surface area contributed by atoms with E-state index in [1.54, 1.807) is 96.3 Å². The Kier molecular flexibility index (Phi) is 30.7. The van der Waals surface area contributed by atoms with Crippen molar-refractivity contribution in [3.63, 3.8) is 0 Å². The number of aromatic amines is 1. The molecule has 6 aliphatic heterocycles. The largest absolute Gasteiger partial charge is 0.460 e. The molecule has 36 heteroatoms. The maximum absolute atomic E-state index is 14.9. The Bertz CT molecular complexity index is 5630. The average molecular weight is 1820 g/mol. The number of cyclic esters (lactones) is 1. The first-order valence-corrected chi connectivity index (χ1v) is 46.4. The van der Waals surface area contributed by atoms with Gasteiger partial charge < -0.3 is 84.1 Å². The van der Waals surface area contributed by atoms with Crippen LogP contribution in [0.3, 0.4) is 0 Å². The molecular formula is C97H122N20O16. The molecule has 0 radical (unpaired) electrons. The number of nitrogen functional groups attached to an aromatic ring is 1. The number of fused-ring (bicyclic) bond motifs is 6. The number of benzene rings is 1. The Balaban J connectivity index is 0.500. The Morgan fingerprint density at radius 2 is 1.37 bits per heavy atom. The van der Waals surface area contributed by atoms with Crippen LogP contribution in [0.5, 0.6) is 0 Å². The van der Waals surface area contributed by atoms with Crippen LogP contribution in [-0.4, -0.2) is 273 Å². The number of piperidine rings is 1. The van der Waals surface area contributed by atoms with Crippen molar-refractivity contribution in [3.05, 3.63) is 167 Å². The molecule has 1 aliphatic carbocycles. The molecule has 0 unspecified atom stereocenters. The van der Waals surface area contributed by atoms with E-state index < -0.39 is 102 Å². The molecule has 4 amide bonds. The number of Topliss-reactive ketones (excluding diaryl/α,β-unsaturated/α-hetero) is 3. The molecule has 7 aromatic heterocycles. The van der Waals surface area contributed by atoms with Gasteiger partial charge in [-0.1, -0.05) is 89.3 Å². The molecule has 36 nitrogen and oxygen atoms in total. The second-order valence-corrected chi connectivity index (χ2v) is 36.7. The summed E-state index contributed by atoms with van der Waals surface area (Å²) in [5, 5.41) is 33.3. The maximum atomic E-state index is 14.9. The monoisotopic (exact) mass is 1820 g/mol. The van der Waals surface area contributed by atoms with Gasteiger partial charge in [-0.3, -0.25) is 28.8 Å². The van der Waals surface area contributed by atoms with Gasteiger partial charge in [-0.15, -0.1) is 0 Å². The summed E-state index contributed by atoms with van der Waals surface area (Å²) in [7, 11) is 4.49. The minimum Gasteiger partial charge on any atom is -0.460 e. The molecule has 2 bridgehead atoms. The lowest BCUT2D eigenvalue weighted by molar-refractivity contribution is -0.265. The summed E-state index contributed by atoms with van der Waals surface area (Å²) in [6.45, 7) is 18.1. The number of hydrogen-bond acceptors (Lipinski definition) is 30. The molecule has 0 spiro atoms. The second-order valence-electron chi connectivity index (χ2n) is 36.7. The van der Waals surface area contributed by atoms with Gasteiger partial charge in [0.05, 0.1) is 41.4 Å². The highest BCUT2D eigenvalue weighted by atomic mass is 16.6. The van der Waals surface area contributed by atoms with E-state index >= 15 is 0 Å². The third-order valence-corrected chi connectivity index (χ3v) is 27.4. The number of methoxy groups -OCH3 is 3. The highest BCUT2D eigenvalue weighted by Crippen LogP contribution is 2.40. The Labute approximate surface area is 773 Å². The number of nitrogens with two attached hydrogens (primary N) is 1. The van der Waals surface area contributed by atoms with E-state index in [1.807, 2.05) is 93.8 Å². The van der Waals surface area contributed by atoms with E-state index in [1.165, 1.54) is 18.3 Å². The molecule has 8 aromatic rings. The van der Waals surface area contributed by atoms with Gasteiger partial charge in [0, 0.05) is 197 Å². The molecule has 7 aliphatic rings. The quantitative estimate of drug-likeness (QED) is 0.0322. The van der Waals surface area contributed by atoms with Crippen LogP contribution in [-0.2, 0) is 78.4 Å². The number of aliphatic hydroxyl groups excluding tert-OH is 1. The van der Waals surface area contributed by atoms with Gasteiger partial charge in [-0.25, -0.2) is 59.1 Å². The van der Waals surface area contributed by atoms with Crippen molar-refractivity contribution in [1.82, 2.24) is 79.6 Å². The number of carbonyl (C=O) groups is 8. The summed E-state index contributed by atoms with van der Waals surface area (Å²) in [6.07, 6.45) is 24.3. The normalized spacial score (nSPS) is 27.6. The molecule has 6 N–H and O–H groups in total. The first kappa shape index (κ1) is 95.4. The Morgan fingerprint density at radius 1 is 0.684 bits per heavy atom. The van der Waals surface area contributed by atoms with Crippen LogP contribution >= 0.6 is 0 Å². The fraction of sp³-hybridized carbons (Fsp3) is 0.526. The third kappa shape index (κ3) is 22.2. The number of H-pyrrole nitrogens is 1. The fourth-order valence-corrected chi connectivity index (χ4v) is 19.4. The molecule has 1 aromatic carbocycles. The molecule has 5 fully saturated rings. The van der Waals surface area contributed by atoms with Crippen LogP contribution in [0.2, 0.25) is 0 Å². The van der Waals surface area contributed by atoms with Crippen molar-refractivity contribution in [2.75, 3.05) is 107 Å². The number of amides is 4. The Morgan fingerprint density at radius 3 is 2.05 bits per heavy atom. The van der Waals surface area contributed by atoms with Crippen molar-refractivity contribution in [2.45, 2.75) is 206 Å². The number of pyridine rings is 1. The third-order valence-electron chi connectivity index (χ3n) is 27.4. The van der Waals surface area contributed by atoms with E-state index in [0.29, 0.717) is 199 Å². The summed E-state index contributed by atoms with van der Waals surface area (Å²) in [5.74, 6) is -7.32. The smallest absolute Gasteiger partial charge is 0.407 e. The number of nitrogens with zero attached hydrogens (tertiary/aromatic N) is 17. The molecule has 13 heterocycles. The zero-order valence-electron chi connectivity index (χ0n) is 77.3. The standard InChI is InChI=1S/C97H122N20O16/c1-57-16-12-11-13-17-58(2)77(128-8)44-73-23-19-63(7)97(127,133-73)85(121)91(124)116-28-15-14-18-74(116)92(125)131-78(45-75(118)59(3)39-62(6)83(120)84(130-10)82(119)61(5)38-57)60(4)40-64-21-24-76(79(42-64)129-9)132-96(126)107-48-66-46-101-93(102-47-66)113-34-36-114(37-35-113)95-103-50-71(51-104-95)89(122)111-30-32-112(33-31-111)94-105-52-72(53-106-94)90(123)115-29-26-67-41-65(20-22-69(67)55-115)54-117-88-80(86(98)108-56-109-88)81(110-117)70-43-68-25-27-99-87(68)100-49-70/h11-13,16-17,20,22,25,27,39,41,43,46-47,49-53,56-57,59-61,63-64,73-74,76-79,83-84,120,127H,14-15,18-19,21,23-24,26,28-38,40,42,44-45,48,54-55H2,1-10H3,(H,99,100)(H,107,126)(H2,98,108,109)/b13-11+,16-12+,58-17+,62-39+/t57-,59-,60-,61-,63-,64+,73+,74+,76-,77+,78+,79-,83-,84+,97-/m1/s1. The minimum absolute atomic E-state index is 0.0263. The Hall–Kier alpha value is -12.2. The SMILES string of the molecule is CO[C@H]1C[C@@H]2CC[C@@H](C)[C@@](O)(O2)C(=O)C(=O)N2CCCC[C@H]2C(=O)O[C@H]([C@H](C)C[C@@H]2CC[C@@H](OC(=O)NCc3cnc(N4CCN(c5ncc(C(=O)N6CCN(c7ncc(C(=O)N8CCc9cc(Cn%10nc(-c%11cnc%12[nH]ccc%12c%11)c%11c(N)ncnc%11%10)ccc9C8)cn7)CC6)cn5)CC4)nc3)[C@H](OC)C2)CC(=O)[C@H](C)/C=C(\C)[C@@H](O)[C@@H](OC)C(=O)[C@H](C)C[C@H](C)/C=C/C=C/C=C/1C. The van der Waals surface area contributed by atoms with Crippen LogP contribution in [0.15, 0.2) is 134 Å². The lowest BCUT2D eigenvalue weighted by atomic mass is 9.78. The number of alkyl carbamates (subject to hydrolysis) is 1. The highest BCUT2D eigenvalue weighted by molar-refractivity contribution is 6.39. The van der Waals surface area contributed by atoms with Gasteiger partial charge in [0.25, 0.3) is 23.5 Å². The number of hydrogen-bond donors (Lipinski definition) is 5. The number of ether oxygens (including phenoxy) is 6. The van der Waals surface area contributed by atoms with Gasteiger partial charge in [0.1, 0.15) is 59.7 Å². The van der Waals surface area contributed by atoms with Crippen molar-refractivity contribution in [1.29, 1.82) is 0 Å². The predicted molar refractivity (Wildman–Crippen MR) is 494 cm³/mol. The van der Waals surface area contributed by atoms with Gasteiger partial charge in [-0.05, 0) is 142 Å². The zero-order valence-corrected chi connectivity index (χ0v) is 77.3.